The molecule has 0 aliphatic heterocycles. The first-order valence-corrected chi connectivity index (χ1v) is 6.45. The summed E-state index contributed by atoms with van der Waals surface area (Å²) in [6, 6.07) is 8.88. The summed E-state index contributed by atoms with van der Waals surface area (Å²) in [6.07, 6.45) is 1.39. The van der Waals surface area contributed by atoms with Crippen molar-refractivity contribution in [2.75, 3.05) is 0 Å². The van der Waals surface area contributed by atoms with E-state index in [2.05, 4.69) is 0 Å². The second-order valence-corrected chi connectivity index (χ2v) is 4.48. The Morgan fingerprint density at radius 1 is 0.895 bits per heavy atom. The molecule has 0 aliphatic rings. The lowest BCUT2D eigenvalue weighted by Crippen LogP contribution is -1.94. The molecule has 0 saturated heterocycles. The van der Waals surface area contributed by atoms with Crippen LogP contribution in [0.15, 0.2) is 30.3 Å². The third kappa shape index (κ3) is 2.24. The van der Waals surface area contributed by atoms with Crippen LogP contribution < -0.4 is 0 Å². The fraction of sp³-hybridized carbons (Fsp3) is 0.250. The van der Waals surface area contributed by atoms with Crippen molar-refractivity contribution in [1.29, 1.82) is 0 Å². The normalized spacial score (nSPS) is 10.6. The van der Waals surface area contributed by atoms with E-state index in [1.165, 1.54) is 6.07 Å². The number of phenols is 3. The molecule has 0 radical (unpaired) electrons. The maximum Gasteiger partial charge on any atom is 0.165 e. The average Bonchev–Trinajstić information content (AvgIpc) is 2.42. The van der Waals surface area contributed by atoms with Crippen LogP contribution in [0.3, 0.4) is 0 Å². The quantitative estimate of drug-likeness (QED) is 0.582. The molecule has 2 aromatic rings. The number of phenolic OH excluding ortho intramolecular Hbond substituents is 3. The maximum atomic E-state index is 10.1. The summed E-state index contributed by atoms with van der Waals surface area (Å²) in [5.74, 6) is -0.454. The summed E-state index contributed by atoms with van der Waals surface area (Å²) in [4.78, 5) is 0. The van der Waals surface area contributed by atoms with Crippen molar-refractivity contribution in [3.05, 3.63) is 41.5 Å². The summed E-state index contributed by atoms with van der Waals surface area (Å²) in [7, 11) is 0. The zero-order chi connectivity index (χ0) is 14.0. The Balaban J connectivity index is 2.80. The van der Waals surface area contributed by atoms with E-state index in [1.807, 2.05) is 38.1 Å². The van der Waals surface area contributed by atoms with Crippen molar-refractivity contribution in [3.8, 4) is 28.4 Å². The van der Waals surface area contributed by atoms with Gasteiger partial charge < -0.3 is 15.3 Å². The molecule has 19 heavy (non-hydrogen) atoms. The van der Waals surface area contributed by atoms with Gasteiger partial charge in [-0.1, -0.05) is 38.1 Å². The van der Waals surface area contributed by atoms with Crippen LogP contribution in [0, 0.1) is 0 Å². The Labute approximate surface area is 112 Å². The van der Waals surface area contributed by atoms with Gasteiger partial charge in [0.15, 0.2) is 11.5 Å². The van der Waals surface area contributed by atoms with Gasteiger partial charge in [-0.25, -0.2) is 0 Å². The lowest BCUT2D eigenvalue weighted by atomic mass is 9.91. The summed E-state index contributed by atoms with van der Waals surface area (Å²) < 4.78 is 0. The van der Waals surface area contributed by atoms with Gasteiger partial charge in [0.2, 0.25) is 0 Å². The number of aryl methyl sites for hydroxylation is 1. The molecule has 0 atom stereocenters. The standard InChI is InChI=1S/C16H18O3/c1-3-10-7-5-6-8-12(10)15-11(4-2)13(17)9-14(18)16(15)19/h5-9,17-19H,3-4H2,1-2H3. The minimum atomic E-state index is -0.296. The molecule has 0 aliphatic carbocycles. The highest BCUT2D eigenvalue weighted by molar-refractivity contribution is 5.81. The first-order valence-electron chi connectivity index (χ1n) is 6.45. The molecule has 0 heterocycles. The third-order valence-electron chi connectivity index (χ3n) is 3.38. The first-order chi connectivity index (χ1) is 9.10. The predicted molar refractivity (Wildman–Crippen MR) is 75.6 cm³/mol. The van der Waals surface area contributed by atoms with E-state index in [-0.39, 0.29) is 17.2 Å². The van der Waals surface area contributed by atoms with Crippen molar-refractivity contribution in [1.82, 2.24) is 0 Å². The number of aromatic hydroxyl groups is 3. The Hall–Kier alpha value is -2.16. The average molecular weight is 258 g/mol. The minimum absolute atomic E-state index is 0.0127. The van der Waals surface area contributed by atoms with E-state index >= 15 is 0 Å². The van der Waals surface area contributed by atoms with Crippen LogP contribution in [-0.4, -0.2) is 15.3 Å². The Morgan fingerprint density at radius 3 is 2.21 bits per heavy atom. The van der Waals surface area contributed by atoms with Crippen LogP contribution in [0.5, 0.6) is 17.2 Å². The van der Waals surface area contributed by atoms with Gasteiger partial charge in [-0.05, 0) is 24.0 Å². The highest BCUT2D eigenvalue weighted by atomic mass is 16.3. The second-order valence-electron chi connectivity index (χ2n) is 4.48. The fourth-order valence-electron chi connectivity index (χ4n) is 2.40. The molecule has 0 unspecified atom stereocenters. The highest BCUT2D eigenvalue weighted by Crippen LogP contribution is 2.45. The molecular formula is C16H18O3. The van der Waals surface area contributed by atoms with Gasteiger partial charge in [0.1, 0.15) is 5.75 Å². The molecule has 3 N–H and O–H groups in total. The summed E-state index contributed by atoms with van der Waals surface area (Å²) in [5, 5.41) is 29.8. The summed E-state index contributed by atoms with van der Waals surface area (Å²) >= 11 is 0. The van der Waals surface area contributed by atoms with Crippen molar-refractivity contribution >= 4 is 0 Å². The second kappa shape index (κ2) is 5.22. The molecule has 2 aromatic carbocycles. The molecule has 100 valence electrons. The van der Waals surface area contributed by atoms with Gasteiger partial charge in [-0.15, -0.1) is 0 Å². The largest absolute Gasteiger partial charge is 0.508 e. The van der Waals surface area contributed by atoms with Crippen LogP contribution in [-0.2, 0) is 12.8 Å². The molecule has 2 rings (SSSR count). The molecule has 0 fully saturated rings. The van der Waals surface area contributed by atoms with Gasteiger partial charge in [-0.2, -0.15) is 0 Å². The lowest BCUT2D eigenvalue weighted by molar-refractivity contribution is 0.396. The zero-order valence-corrected chi connectivity index (χ0v) is 11.1. The van der Waals surface area contributed by atoms with Crippen molar-refractivity contribution < 1.29 is 15.3 Å². The van der Waals surface area contributed by atoms with Crippen molar-refractivity contribution in [2.24, 2.45) is 0 Å². The first kappa shape index (κ1) is 13.3. The Bertz CT molecular complexity index is 603. The van der Waals surface area contributed by atoms with E-state index in [1.54, 1.807) is 0 Å². The number of benzene rings is 2. The van der Waals surface area contributed by atoms with E-state index in [4.69, 9.17) is 0 Å². The summed E-state index contributed by atoms with van der Waals surface area (Å²) in [6.45, 7) is 3.94. The van der Waals surface area contributed by atoms with Crippen LogP contribution in [0.2, 0.25) is 0 Å². The van der Waals surface area contributed by atoms with Gasteiger partial charge in [-0.3, -0.25) is 0 Å². The van der Waals surface area contributed by atoms with Crippen LogP contribution in [0.1, 0.15) is 25.0 Å². The third-order valence-corrected chi connectivity index (χ3v) is 3.38. The molecule has 0 bridgehead atoms. The van der Waals surface area contributed by atoms with Crippen LogP contribution in [0.4, 0.5) is 0 Å². The van der Waals surface area contributed by atoms with Gasteiger partial charge in [0, 0.05) is 17.2 Å². The van der Waals surface area contributed by atoms with Gasteiger partial charge in [0.25, 0.3) is 0 Å². The molecule has 3 nitrogen and oxygen atoms in total. The minimum Gasteiger partial charge on any atom is -0.508 e. The molecule has 3 heteroatoms. The van der Waals surface area contributed by atoms with Crippen LogP contribution in [0.25, 0.3) is 11.1 Å². The predicted octanol–water partition coefficient (Wildman–Crippen LogP) is 3.60. The molecule has 0 saturated carbocycles. The smallest absolute Gasteiger partial charge is 0.165 e. The van der Waals surface area contributed by atoms with Crippen LogP contribution >= 0.6 is 0 Å². The Kier molecular flexibility index (Phi) is 3.65. The molecular weight excluding hydrogens is 240 g/mol. The SMILES string of the molecule is CCc1ccccc1-c1c(O)c(O)cc(O)c1CC. The topological polar surface area (TPSA) is 60.7 Å². The van der Waals surface area contributed by atoms with E-state index < -0.39 is 0 Å². The highest BCUT2D eigenvalue weighted by Gasteiger charge is 2.19. The van der Waals surface area contributed by atoms with E-state index in [0.29, 0.717) is 17.5 Å². The molecule has 0 aromatic heterocycles. The number of hydrogen-bond donors (Lipinski definition) is 3. The Morgan fingerprint density at radius 2 is 1.58 bits per heavy atom. The van der Waals surface area contributed by atoms with Crippen molar-refractivity contribution in [2.45, 2.75) is 26.7 Å². The van der Waals surface area contributed by atoms with E-state index in [9.17, 15) is 15.3 Å². The van der Waals surface area contributed by atoms with Gasteiger partial charge >= 0.3 is 0 Å². The molecule has 0 amide bonds. The lowest BCUT2D eigenvalue weighted by Gasteiger charge is -2.16. The van der Waals surface area contributed by atoms with Gasteiger partial charge in [0.05, 0.1) is 0 Å². The van der Waals surface area contributed by atoms with E-state index in [0.717, 1.165) is 17.5 Å². The van der Waals surface area contributed by atoms with Crippen molar-refractivity contribution in [3.63, 3.8) is 0 Å². The number of hydrogen-bond acceptors (Lipinski definition) is 3. The fourth-order valence-corrected chi connectivity index (χ4v) is 2.40. The zero-order valence-electron chi connectivity index (χ0n) is 11.1. The monoisotopic (exact) mass is 258 g/mol. The maximum absolute atomic E-state index is 10.1. The summed E-state index contributed by atoms with van der Waals surface area (Å²) in [5.41, 5.74) is 3.09. The number of rotatable bonds is 3. The molecule has 0 spiro atoms.